The van der Waals surface area contributed by atoms with Crippen molar-refractivity contribution < 1.29 is 22.7 Å². The summed E-state index contributed by atoms with van der Waals surface area (Å²) in [5.74, 6) is -0.212. The van der Waals surface area contributed by atoms with Crippen LogP contribution in [-0.2, 0) is 21.1 Å². The van der Waals surface area contributed by atoms with Crippen LogP contribution >= 0.6 is 0 Å². The highest BCUT2D eigenvalue weighted by atomic mass is 19.4. The van der Waals surface area contributed by atoms with Gasteiger partial charge in [0.05, 0.1) is 5.56 Å². The van der Waals surface area contributed by atoms with Crippen LogP contribution in [0, 0.1) is 0 Å². The number of nitrogens with one attached hydrogen (secondary N) is 2. The van der Waals surface area contributed by atoms with E-state index in [-0.39, 0.29) is 12.5 Å². The number of carbonyl (C=O) groups excluding carboxylic acids is 1. The van der Waals surface area contributed by atoms with Crippen molar-refractivity contribution in [3.05, 3.63) is 35.4 Å². The van der Waals surface area contributed by atoms with E-state index in [2.05, 4.69) is 10.6 Å². The number of hydrogen-bond donors (Lipinski definition) is 2. The van der Waals surface area contributed by atoms with E-state index in [4.69, 9.17) is 4.74 Å². The highest BCUT2D eigenvalue weighted by Gasteiger charge is 2.40. The summed E-state index contributed by atoms with van der Waals surface area (Å²) in [7, 11) is 1.52. The number of benzene rings is 1. The van der Waals surface area contributed by atoms with E-state index < -0.39 is 22.8 Å². The topological polar surface area (TPSA) is 50.4 Å². The number of rotatable bonds is 5. The Morgan fingerprint density at radius 1 is 1.24 bits per heavy atom. The molecule has 1 aromatic rings. The Labute approximate surface area is 146 Å². The van der Waals surface area contributed by atoms with Gasteiger partial charge < -0.3 is 15.4 Å². The van der Waals surface area contributed by atoms with E-state index in [0.29, 0.717) is 31.5 Å². The molecule has 0 bridgehead atoms. The molecule has 1 saturated heterocycles. The number of methoxy groups -OCH3 is 1. The van der Waals surface area contributed by atoms with Crippen molar-refractivity contribution >= 4 is 5.91 Å². The van der Waals surface area contributed by atoms with Crippen molar-refractivity contribution in [3.63, 3.8) is 0 Å². The third-order valence-electron chi connectivity index (χ3n) is 4.88. The minimum absolute atomic E-state index is 0.212. The lowest BCUT2D eigenvalue weighted by Gasteiger charge is -2.36. The molecule has 0 spiro atoms. The van der Waals surface area contributed by atoms with Crippen LogP contribution in [0.2, 0.25) is 0 Å². The van der Waals surface area contributed by atoms with E-state index >= 15 is 0 Å². The zero-order valence-electron chi connectivity index (χ0n) is 14.8. The number of piperidine rings is 1. The number of carbonyl (C=O) groups is 1. The average molecular weight is 358 g/mol. The van der Waals surface area contributed by atoms with Crippen LogP contribution in [0.1, 0.15) is 37.8 Å². The van der Waals surface area contributed by atoms with Crippen LogP contribution in [0.4, 0.5) is 13.2 Å². The van der Waals surface area contributed by atoms with Gasteiger partial charge in [0.25, 0.3) is 5.91 Å². The van der Waals surface area contributed by atoms with Crippen LogP contribution in [0.15, 0.2) is 24.3 Å². The van der Waals surface area contributed by atoms with Gasteiger partial charge in [0.1, 0.15) is 5.60 Å². The predicted octanol–water partition coefficient (Wildman–Crippen LogP) is 2.87. The van der Waals surface area contributed by atoms with E-state index in [0.717, 1.165) is 12.1 Å². The summed E-state index contributed by atoms with van der Waals surface area (Å²) in [5, 5.41) is 6.05. The van der Waals surface area contributed by atoms with Crippen LogP contribution in [0.5, 0.6) is 0 Å². The maximum absolute atomic E-state index is 12.9. The van der Waals surface area contributed by atoms with E-state index in [1.54, 1.807) is 6.07 Å². The largest absolute Gasteiger partial charge is 0.416 e. The van der Waals surface area contributed by atoms with Crippen molar-refractivity contribution in [2.24, 2.45) is 0 Å². The molecule has 1 aliphatic rings. The first-order valence-corrected chi connectivity index (χ1v) is 8.33. The molecule has 0 aromatic heterocycles. The van der Waals surface area contributed by atoms with E-state index in [9.17, 15) is 18.0 Å². The molecule has 0 saturated carbocycles. The third kappa shape index (κ3) is 4.52. The lowest BCUT2D eigenvalue weighted by atomic mass is 9.83. The van der Waals surface area contributed by atoms with Crippen LogP contribution < -0.4 is 10.6 Å². The molecule has 0 aliphatic carbocycles. The number of halogens is 3. The normalized spacial score (nSPS) is 18.0. The molecule has 0 unspecified atom stereocenters. The molecule has 2 N–H and O–H groups in total. The molecule has 1 fully saturated rings. The molecule has 7 heteroatoms. The fourth-order valence-corrected chi connectivity index (χ4v) is 3.04. The SMILES string of the molecule is COC1(C(=O)NCC(C)(C)c2cccc(C(F)(F)F)c2)CCNCC1. The van der Waals surface area contributed by atoms with Crippen molar-refractivity contribution in [1.82, 2.24) is 10.6 Å². The molecule has 2 rings (SSSR count). The van der Waals surface area contributed by atoms with E-state index in [1.165, 1.54) is 13.2 Å². The Morgan fingerprint density at radius 2 is 1.84 bits per heavy atom. The van der Waals surface area contributed by atoms with Gasteiger partial charge in [-0.1, -0.05) is 32.0 Å². The number of amides is 1. The lowest BCUT2D eigenvalue weighted by molar-refractivity contribution is -0.147. The van der Waals surface area contributed by atoms with Gasteiger partial charge in [-0.05, 0) is 37.6 Å². The van der Waals surface area contributed by atoms with Crippen molar-refractivity contribution in [3.8, 4) is 0 Å². The molecule has 4 nitrogen and oxygen atoms in total. The van der Waals surface area contributed by atoms with Gasteiger partial charge in [0.2, 0.25) is 0 Å². The molecule has 1 aliphatic heterocycles. The van der Waals surface area contributed by atoms with Crippen LogP contribution in [0.25, 0.3) is 0 Å². The number of alkyl halides is 3. The molecule has 1 heterocycles. The second-order valence-corrected chi connectivity index (χ2v) is 7.09. The molecule has 1 aromatic carbocycles. The molecule has 0 atom stereocenters. The quantitative estimate of drug-likeness (QED) is 0.851. The number of ether oxygens (including phenoxy) is 1. The van der Waals surface area contributed by atoms with Crippen molar-refractivity contribution in [2.45, 2.75) is 43.9 Å². The second-order valence-electron chi connectivity index (χ2n) is 7.09. The minimum atomic E-state index is -4.38. The van der Waals surface area contributed by atoms with Crippen molar-refractivity contribution in [2.75, 3.05) is 26.7 Å². The standard InChI is InChI=1S/C18H25F3N2O2/c1-16(2,13-5-4-6-14(11-13)18(19,20)21)12-23-15(24)17(25-3)7-9-22-10-8-17/h4-6,11,22H,7-10,12H2,1-3H3,(H,23,24). The van der Waals surface area contributed by atoms with Crippen LogP contribution in [-0.4, -0.2) is 38.3 Å². The van der Waals surface area contributed by atoms with Gasteiger partial charge in [-0.2, -0.15) is 13.2 Å². The average Bonchev–Trinajstić information content (AvgIpc) is 2.59. The Bertz CT molecular complexity index is 609. The zero-order valence-corrected chi connectivity index (χ0v) is 14.8. The molecular weight excluding hydrogens is 333 g/mol. The predicted molar refractivity (Wildman–Crippen MR) is 89.3 cm³/mol. The van der Waals surface area contributed by atoms with Crippen molar-refractivity contribution in [1.29, 1.82) is 0 Å². The van der Waals surface area contributed by atoms with Gasteiger partial charge in [0.15, 0.2) is 0 Å². The van der Waals surface area contributed by atoms with Gasteiger partial charge in [-0.3, -0.25) is 4.79 Å². The maximum atomic E-state index is 12.9. The number of hydrogen-bond acceptors (Lipinski definition) is 3. The Kier molecular flexibility index (Phi) is 5.79. The summed E-state index contributed by atoms with van der Waals surface area (Å²) in [6, 6.07) is 5.24. The summed E-state index contributed by atoms with van der Waals surface area (Å²) in [5.41, 5.74) is -1.66. The van der Waals surface area contributed by atoms with Gasteiger partial charge >= 0.3 is 6.18 Å². The third-order valence-corrected chi connectivity index (χ3v) is 4.88. The molecule has 25 heavy (non-hydrogen) atoms. The summed E-state index contributed by atoms with van der Waals surface area (Å²) in [6.07, 6.45) is -3.25. The summed E-state index contributed by atoms with van der Waals surface area (Å²) in [4.78, 5) is 12.6. The molecular formula is C18H25F3N2O2. The first kappa shape index (κ1) is 19.7. The smallest absolute Gasteiger partial charge is 0.368 e. The second kappa shape index (κ2) is 7.33. The van der Waals surface area contributed by atoms with Gasteiger partial charge in [-0.25, -0.2) is 0 Å². The Morgan fingerprint density at radius 3 is 2.40 bits per heavy atom. The Balaban J connectivity index is 2.09. The monoisotopic (exact) mass is 358 g/mol. The lowest BCUT2D eigenvalue weighted by Crippen LogP contribution is -2.55. The Hall–Kier alpha value is -1.60. The fourth-order valence-electron chi connectivity index (χ4n) is 3.04. The maximum Gasteiger partial charge on any atom is 0.416 e. The highest BCUT2D eigenvalue weighted by molar-refractivity contribution is 5.85. The van der Waals surface area contributed by atoms with Crippen LogP contribution in [0.3, 0.4) is 0 Å². The van der Waals surface area contributed by atoms with E-state index in [1.807, 2.05) is 13.8 Å². The molecule has 140 valence electrons. The molecule has 0 radical (unpaired) electrons. The summed E-state index contributed by atoms with van der Waals surface area (Å²) >= 11 is 0. The highest BCUT2D eigenvalue weighted by Crippen LogP contribution is 2.32. The summed E-state index contributed by atoms with van der Waals surface area (Å²) in [6.45, 7) is 5.23. The molecule has 1 amide bonds. The fraction of sp³-hybridized carbons (Fsp3) is 0.611. The first-order chi connectivity index (χ1) is 11.6. The minimum Gasteiger partial charge on any atom is -0.368 e. The van der Waals surface area contributed by atoms with Gasteiger partial charge in [0, 0.05) is 19.1 Å². The summed E-state index contributed by atoms with van der Waals surface area (Å²) < 4.78 is 44.2. The zero-order chi connectivity index (χ0) is 18.7. The first-order valence-electron chi connectivity index (χ1n) is 8.33. The van der Waals surface area contributed by atoms with Gasteiger partial charge in [-0.15, -0.1) is 0 Å².